The van der Waals surface area contributed by atoms with Crippen molar-refractivity contribution in [3.8, 4) is 11.3 Å². The minimum Gasteiger partial charge on any atom is -0.349 e. The van der Waals surface area contributed by atoms with E-state index >= 15 is 0 Å². The normalized spacial score (nSPS) is 15.3. The van der Waals surface area contributed by atoms with Gasteiger partial charge in [0, 0.05) is 49.2 Å². The summed E-state index contributed by atoms with van der Waals surface area (Å²) in [5.41, 5.74) is 1.78. The third-order valence-corrected chi connectivity index (χ3v) is 5.03. The molecule has 0 radical (unpaired) electrons. The van der Waals surface area contributed by atoms with Crippen LogP contribution in [0.2, 0.25) is 0 Å². The number of hydrogen-bond acceptors (Lipinski definition) is 6. The lowest BCUT2D eigenvalue weighted by Crippen LogP contribution is -2.27. The van der Waals surface area contributed by atoms with Crippen LogP contribution in [-0.4, -0.2) is 44.9 Å². The van der Waals surface area contributed by atoms with Gasteiger partial charge in [0.1, 0.15) is 5.82 Å². The van der Waals surface area contributed by atoms with Crippen LogP contribution in [0.5, 0.6) is 0 Å². The highest BCUT2D eigenvalue weighted by Crippen LogP contribution is 2.38. The van der Waals surface area contributed by atoms with Crippen molar-refractivity contribution in [1.29, 1.82) is 0 Å². The molecule has 0 unspecified atom stereocenters. The molecule has 1 N–H and O–H groups in total. The van der Waals surface area contributed by atoms with Crippen LogP contribution in [0.1, 0.15) is 42.4 Å². The van der Waals surface area contributed by atoms with Gasteiger partial charge in [-0.1, -0.05) is 19.9 Å². The largest absolute Gasteiger partial charge is 0.349 e. The van der Waals surface area contributed by atoms with Gasteiger partial charge in [-0.25, -0.2) is 23.7 Å². The molecule has 0 atom stereocenters. The Morgan fingerprint density at radius 3 is 2.48 bits per heavy atom. The minimum absolute atomic E-state index is 0.134. The Bertz CT molecular complexity index is 1070. The summed E-state index contributed by atoms with van der Waals surface area (Å²) in [6.45, 7) is 3.60. The number of nitrogens with zero attached hydrogens (tertiary/aromatic N) is 5. The number of hydrogen-bond donors (Lipinski definition) is 1. The third-order valence-electron chi connectivity index (χ3n) is 5.03. The predicted molar refractivity (Wildman–Crippen MR) is 113 cm³/mol. The second-order valence-corrected chi connectivity index (χ2v) is 7.74. The van der Waals surface area contributed by atoms with Crippen molar-refractivity contribution in [3.05, 3.63) is 60.4 Å². The average molecular weight is 424 g/mol. The van der Waals surface area contributed by atoms with Crippen LogP contribution >= 0.6 is 0 Å². The number of nitrogens with one attached hydrogen (secondary N) is 1. The van der Waals surface area contributed by atoms with Gasteiger partial charge in [0.05, 0.1) is 23.5 Å². The van der Waals surface area contributed by atoms with Crippen LogP contribution in [-0.2, 0) is 0 Å². The maximum absolute atomic E-state index is 13.9. The summed E-state index contributed by atoms with van der Waals surface area (Å²) in [5, 5.41) is 2.84. The maximum atomic E-state index is 13.9. The fourth-order valence-corrected chi connectivity index (χ4v) is 3.41. The molecule has 1 aliphatic heterocycles. The van der Waals surface area contributed by atoms with E-state index in [2.05, 4.69) is 25.3 Å². The lowest BCUT2D eigenvalue weighted by atomic mass is 10.1. The Balaban J connectivity index is 1.72. The first-order valence-electron chi connectivity index (χ1n) is 10.0. The first kappa shape index (κ1) is 20.8. The smallest absolute Gasteiger partial charge is 0.266 e. The van der Waals surface area contributed by atoms with Gasteiger partial charge in [-0.05, 0) is 18.2 Å². The molecule has 4 rings (SSSR count). The highest BCUT2D eigenvalue weighted by molar-refractivity contribution is 6.07. The number of rotatable bonds is 5. The van der Waals surface area contributed by atoms with E-state index in [0.717, 1.165) is 0 Å². The van der Waals surface area contributed by atoms with Crippen molar-refractivity contribution in [3.63, 3.8) is 0 Å². The molecular formula is C22H22F2N6O. The molecule has 0 spiro atoms. The topological polar surface area (TPSA) is 83.9 Å². The Morgan fingerprint density at radius 1 is 1.10 bits per heavy atom. The van der Waals surface area contributed by atoms with Gasteiger partial charge in [0.2, 0.25) is 0 Å². The van der Waals surface area contributed by atoms with E-state index in [1.807, 2.05) is 19.9 Å². The predicted octanol–water partition coefficient (Wildman–Crippen LogP) is 4.15. The number of carbonyl (C=O) groups is 1. The van der Waals surface area contributed by atoms with Crippen molar-refractivity contribution in [2.75, 3.05) is 23.3 Å². The molecule has 9 heteroatoms. The van der Waals surface area contributed by atoms with Gasteiger partial charge in [-0.2, -0.15) is 0 Å². The molecule has 0 bridgehead atoms. The summed E-state index contributed by atoms with van der Waals surface area (Å²) in [4.78, 5) is 31.6. The van der Waals surface area contributed by atoms with E-state index in [1.54, 1.807) is 24.4 Å². The van der Waals surface area contributed by atoms with Crippen LogP contribution in [0.15, 0.2) is 49.1 Å². The number of halogens is 2. The lowest BCUT2D eigenvalue weighted by Gasteiger charge is -2.22. The second-order valence-electron chi connectivity index (χ2n) is 7.74. The molecular weight excluding hydrogens is 402 g/mol. The molecule has 1 saturated heterocycles. The molecule has 160 valence electrons. The van der Waals surface area contributed by atoms with Crippen molar-refractivity contribution in [2.45, 2.75) is 32.1 Å². The lowest BCUT2D eigenvalue weighted by molar-refractivity contribution is 0.0257. The zero-order chi connectivity index (χ0) is 22.0. The molecule has 7 nitrogen and oxygen atoms in total. The molecule has 3 aromatic heterocycles. The molecule has 3 aromatic rings. The van der Waals surface area contributed by atoms with E-state index in [9.17, 15) is 13.6 Å². The maximum Gasteiger partial charge on any atom is 0.266 e. The fourth-order valence-electron chi connectivity index (χ4n) is 3.41. The van der Waals surface area contributed by atoms with E-state index in [0.29, 0.717) is 22.8 Å². The molecule has 0 aliphatic carbocycles. The summed E-state index contributed by atoms with van der Waals surface area (Å²) in [6.07, 6.45) is 5.81. The Labute approximate surface area is 178 Å². The SMILES string of the molecule is CC(C)c1ncc(C(=O)Nc2c(-c3ccccn3)ccnc2N2CCC(F)(F)C2)cn1. The van der Waals surface area contributed by atoms with Gasteiger partial charge >= 0.3 is 0 Å². The monoisotopic (exact) mass is 424 g/mol. The van der Waals surface area contributed by atoms with E-state index < -0.39 is 18.4 Å². The van der Waals surface area contributed by atoms with Crippen LogP contribution in [0.4, 0.5) is 20.3 Å². The molecule has 1 fully saturated rings. The van der Waals surface area contributed by atoms with E-state index in [1.165, 1.54) is 23.5 Å². The standard InChI is InChI=1S/C22H22F2N6O/c1-14(2)19-27-11-15(12-28-19)21(31)29-18-16(17-5-3-4-8-25-17)6-9-26-20(18)30-10-7-22(23,24)13-30/h3-6,8-9,11-12,14H,7,10,13H2,1-2H3,(H,29,31). The summed E-state index contributed by atoms with van der Waals surface area (Å²) in [7, 11) is 0. The number of carbonyl (C=O) groups excluding carboxylic acids is 1. The number of anilines is 2. The fraction of sp³-hybridized carbons (Fsp3) is 0.318. The van der Waals surface area contributed by atoms with Gasteiger partial charge in [0.15, 0.2) is 5.82 Å². The Hall–Kier alpha value is -3.49. The summed E-state index contributed by atoms with van der Waals surface area (Å²) < 4.78 is 27.8. The average Bonchev–Trinajstić information content (AvgIpc) is 3.14. The quantitative estimate of drug-likeness (QED) is 0.662. The Morgan fingerprint density at radius 2 is 1.87 bits per heavy atom. The molecule has 1 aliphatic rings. The van der Waals surface area contributed by atoms with Crippen LogP contribution in [0.25, 0.3) is 11.3 Å². The molecule has 0 aromatic carbocycles. The summed E-state index contributed by atoms with van der Waals surface area (Å²) in [5.74, 6) is -2.20. The van der Waals surface area contributed by atoms with Crippen LogP contribution in [0.3, 0.4) is 0 Å². The highest BCUT2D eigenvalue weighted by Gasteiger charge is 2.40. The van der Waals surface area contributed by atoms with Crippen molar-refractivity contribution in [1.82, 2.24) is 19.9 Å². The summed E-state index contributed by atoms with van der Waals surface area (Å²) in [6, 6.07) is 7.08. The number of aromatic nitrogens is 4. The van der Waals surface area contributed by atoms with Crippen LogP contribution in [0, 0.1) is 0 Å². The minimum atomic E-state index is -2.80. The van der Waals surface area contributed by atoms with Gasteiger partial charge < -0.3 is 10.2 Å². The van der Waals surface area contributed by atoms with Crippen LogP contribution < -0.4 is 10.2 Å². The van der Waals surface area contributed by atoms with Gasteiger partial charge in [-0.15, -0.1) is 0 Å². The van der Waals surface area contributed by atoms with E-state index in [4.69, 9.17) is 0 Å². The molecule has 4 heterocycles. The third kappa shape index (κ3) is 4.50. The van der Waals surface area contributed by atoms with Gasteiger partial charge in [-0.3, -0.25) is 9.78 Å². The first-order chi connectivity index (χ1) is 14.8. The Kier molecular flexibility index (Phi) is 5.58. The second kappa shape index (κ2) is 8.33. The zero-order valence-corrected chi connectivity index (χ0v) is 17.2. The molecule has 31 heavy (non-hydrogen) atoms. The van der Waals surface area contributed by atoms with Crippen molar-refractivity contribution >= 4 is 17.4 Å². The first-order valence-corrected chi connectivity index (χ1v) is 10.0. The molecule has 0 saturated carbocycles. The highest BCUT2D eigenvalue weighted by atomic mass is 19.3. The number of pyridine rings is 2. The van der Waals surface area contributed by atoms with E-state index in [-0.39, 0.29) is 30.3 Å². The zero-order valence-electron chi connectivity index (χ0n) is 17.2. The summed E-state index contributed by atoms with van der Waals surface area (Å²) >= 11 is 0. The van der Waals surface area contributed by atoms with Gasteiger partial charge in [0.25, 0.3) is 11.8 Å². The number of alkyl halides is 2. The van der Waals surface area contributed by atoms with Crippen molar-refractivity contribution in [2.24, 2.45) is 0 Å². The van der Waals surface area contributed by atoms with Crippen molar-refractivity contribution < 1.29 is 13.6 Å². The molecule has 1 amide bonds. The number of amides is 1.